The number of carbonyl (C=O) groups excluding carboxylic acids is 11. The van der Waals surface area contributed by atoms with E-state index in [4.69, 9.17) is 28.2 Å². The smallest absolute Gasteiger partial charge is 0.472 e. The Bertz CT molecular complexity index is 4120. The summed E-state index contributed by atoms with van der Waals surface area (Å²) >= 11 is 0. The van der Waals surface area contributed by atoms with Gasteiger partial charge in [-0.05, 0) is 85.3 Å². The molecule has 0 aliphatic rings. The molecule has 0 spiro atoms. The van der Waals surface area contributed by atoms with Gasteiger partial charge < -0.3 is 119 Å². The second-order valence-corrected chi connectivity index (χ2v) is 47.3. The highest BCUT2D eigenvalue weighted by atomic mass is 32.2. The molecule has 1 atom stereocenters. The zero-order chi connectivity index (χ0) is 118. The third-order valence-corrected chi connectivity index (χ3v) is 24.5. The number of carbonyl (C=O) groups is 11. The van der Waals surface area contributed by atoms with E-state index in [1.54, 1.807) is 27.7 Å². The lowest BCUT2D eigenvalue weighted by Crippen LogP contribution is -2.43. The molecular weight excluding hydrogens is 1990 g/mol. The number of ether oxygens (including phenoxy) is 5. The van der Waals surface area contributed by atoms with Crippen molar-refractivity contribution in [1.82, 2.24) is 21.3 Å². The van der Waals surface area contributed by atoms with Crippen LogP contribution in [-0.4, -0.2) is 466 Å². The lowest BCUT2D eigenvalue weighted by molar-refractivity contribution is -0.890. The van der Waals surface area contributed by atoms with E-state index in [1.807, 2.05) is 63.4 Å². The van der Waals surface area contributed by atoms with E-state index >= 15 is 0 Å². The number of amides is 4. The van der Waals surface area contributed by atoms with E-state index in [0.29, 0.717) is 134 Å². The second kappa shape index (κ2) is 87.8. The van der Waals surface area contributed by atoms with E-state index in [9.17, 15) is 98.4 Å². The van der Waals surface area contributed by atoms with Gasteiger partial charge >= 0.3 is 37.7 Å². The number of aliphatic carboxylic acids is 2. The van der Waals surface area contributed by atoms with Gasteiger partial charge in [0.15, 0.2) is 0 Å². The molecule has 149 heavy (non-hydrogen) atoms. The van der Waals surface area contributed by atoms with Crippen LogP contribution in [0, 0.1) is 0 Å². The van der Waals surface area contributed by atoms with Crippen molar-refractivity contribution in [2.24, 2.45) is 0 Å². The number of hydrogen-bond donors (Lipinski definition) is 5. The summed E-state index contributed by atoms with van der Waals surface area (Å²) in [6.45, 7) is 66.6. The summed E-state index contributed by atoms with van der Waals surface area (Å²) in [4.78, 5) is 129. The molecule has 872 valence electrons. The van der Waals surface area contributed by atoms with E-state index in [0.717, 1.165) is 144 Å². The fraction of sp³-hybridized carbons (Fsp3) is 0.724. The van der Waals surface area contributed by atoms with Crippen molar-refractivity contribution in [2.75, 3.05) is 329 Å². The maximum atomic E-state index is 11.4. The summed E-state index contributed by atoms with van der Waals surface area (Å²) in [7, 11) is 26.8. The Morgan fingerprint density at radius 3 is 0.745 bits per heavy atom. The van der Waals surface area contributed by atoms with Crippen LogP contribution in [0.15, 0.2) is 111 Å². The molecule has 0 aliphatic carbocycles. The predicted molar refractivity (Wildman–Crippen MR) is 586 cm³/mol. The molecule has 0 bridgehead atoms. The fourth-order valence-corrected chi connectivity index (χ4v) is 13.6. The number of nitrogens with one attached hydrogen (secondary N) is 4. The number of nitrogens with zero attached hydrogens (tertiary/aromatic N) is 9. The maximum Gasteiger partial charge on any atom is 0.472 e. The number of phosphoric acid groups is 1. The molecular formula is C105H207N13O28PS2+5. The molecule has 0 aromatic carbocycles. The highest BCUT2D eigenvalue weighted by Gasteiger charge is 2.26. The van der Waals surface area contributed by atoms with E-state index in [-0.39, 0.29) is 97.2 Å². The van der Waals surface area contributed by atoms with Gasteiger partial charge in [0.1, 0.15) is 72.4 Å². The first-order valence-corrected chi connectivity index (χ1v) is 55.8. The van der Waals surface area contributed by atoms with Gasteiger partial charge in [-0.1, -0.05) is 113 Å². The van der Waals surface area contributed by atoms with Gasteiger partial charge in [0.2, 0.25) is 23.6 Å². The average molecular weight is 2190 g/mol. The van der Waals surface area contributed by atoms with Crippen molar-refractivity contribution in [1.29, 1.82) is 0 Å². The topological polar surface area (TPSA) is 498 Å². The van der Waals surface area contributed by atoms with Crippen LogP contribution in [0.5, 0.6) is 0 Å². The molecule has 4 amide bonds. The van der Waals surface area contributed by atoms with E-state index < -0.39 is 46.0 Å². The minimum absolute atomic E-state index is 0.100. The predicted octanol–water partition coefficient (Wildman–Crippen LogP) is 6.83. The molecule has 0 fully saturated rings. The number of hydrogen-bond acceptors (Lipinski definition) is 27. The number of carboxylic acids is 2. The van der Waals surface area contributed by atoms with E-state index in [1.165, 1.54) is 82.6 Å². The molecule has 0 saturated carbocycles. The second-order valence-electron chi connectivity index (χ2n) is 42.8. The molecule has 0 aromatic rings. The van der Waals surface area contributed by atoms with Gasteiger partial charge in [0, 0.05) is 141 Å². The van der Waals surface area contributed by atoms with Crippen LogP contribution in [0.25, 0.3) is 0 Å². The summed E-state index contributed by atoms with van der Waals surface area (Å²) in [6, 6.07) is 0. The van der Waals surface area contributed by atoms with Crippen LogP contribution < -0.4 is 31.5 Å². The molecule has 5 N–H and O–H groups in total. The van der Waals surface area contributed by atoms with Crippen LogP contribution in [0.3, 0.4) is 0 Å². The van der Waals surface area contributed by atoms with Crippen molar-refractivity contribution in [3.63, 3.8) is 0 Å². The molecule has 0 aliphatic heterocycles. The summed E-state index contributed by atoms with van der Waals surface area (Å²) in [5.74, 6) is -5.06. The van der Waals surface area contributed by atoms with Gasteiger partial charge in [-0.15, -0.1) is 0 Å². The van der Waals surface area contributed by atoms with Crippen LogP contribution in [0.2, 0.25) is 0 Å². The van der Waals surface area contributed by atoms with Crippen molar-refractivity contribution in [3.8, 4) is 0 Å². The minimum Gasteiger partial charge on any atom is -0.748 e. The Labute approximate surface area is 899 Å². The lowest BCUT2D eigenvalue weighted by Gasteiger charge is -2.30. The van der Waals surface area contributed by atoms with Crippen molar-refractivity contribution in [3.05, 3.63) is 111 Å². The van der Waals surface area contributed by atoms with Crippen molar-refractivity contribution in [2.45, 2.75) is 178 Å². The molecule has 41 nitrogen and oxygen atoms in total. The van der Waals surface area contributed by atoms with Gasteiger partial charge in [-0.25, -0.2) is 45.4 Å². The zero-order valence-electron chi connectivity index (χ0n) is 97.4. The first-order chi connectivity index (χ1) is 68.2. The summed E-state index contributed by atoms with van der Waals surface area (Å²) in [5.41, 5.74) is 2.18. The number of rotatable bonds is 73. The Hall–Kier alpha value is -8.60. The van der Waals surface area contributed by atoms with Crippen LogP contribution in [0.1, 0.15) is 178 Å². The normalized spacial score (nSPS) is 11.8. The molecule has 0 rings (SSSR count). The Morgan fingerprint density at radius 2 is 0.523 bits per heavy atom. The number of likely N-dealkylation sites (N-methyl/N-ethyl adjacent to an activating group) is 5. The van der Waals surface area contributed by atoms with Gasteiger partial charge in [0.25, 0.3) is 0 Å². The van der Waals surface area contributed by atoms with Gasteiger partial charge in [0.05, 0.1) is 239 Å². The summed E-state index contributed by atoms with van der Waals surface area (Å²) in [5, 5.41) is 31.5. The largest absolute Gasteiger partial charge is 0.748 e. The Morgan fingerprint density at radius 1 is 0.302 bits per heavy atom. The first kappa shape index (κ1) is 158. The summed E-state index contributed by atoms with van der Waals surface area (Å²) in [6.07, 6.45) is 20.0. The maximum absolute atomic E-state index is 11.4. The minimum atomic E-state index is -4.12. The van der Waals surface area contributed by atoms with Gasteiger partial charge in [-0.3, -0.25) is 28.2 Å². The quantitative estimate of drug-likeness (QED) is 0.00792. The number of phosphoric ester groups is 1. The van der Waals surface area contributed by atoms with E-state index in [2.05, 4.69) is 183 Å². The Kier molecular flexibility index (Phi) is 93.1. The molecule has 44 heteroatoms. The SMILES string of the molecule is C=C(C)C(=O)NCCC[N+](C)(C)CCCC(=O)[O-].C=C(C)C(=O)NCCC[N+](C)(C)CCCS(=O)(=O)[O-].C=C(C)C(=O)OCCOP(=O)(O)OCC[N+](C)(C)C.C=C(C)C(=O)OCC[N+](C)(C)CCCC.C=C(C)C(=O)OCC[N+](C)(C)CCCC.C=CC(=O)NCCC[N+](C)(C)CCCC(=O)[O-].C=CC(=O)NCCC[N+](C)(C)CCCS(=O)(=O)[O-].C=CC(=O)OCC[N+](C)(C)CCCC.C=CC(=O)OCC[N+](C)(C)CCCC. The number of unbranched alkanes of at least 4 members (excludes halogenated alkanes) is 4. The zero-order valence-corrected chi connectivity index (χ0v) is 99.9. The molecule has 0 radical (unpaired) electrons. The summed E-state index contributed by atoms with van der Waals surface area (Å²) < 4.78 is 115. The highest BCUT2D eigenvalue weighted by Crippen LogP contribution is 2.42. The third kappa shape index (κ3) is 124. The van der Waals surface area contributed by atoms with Gasteiger partial charge in [-0.2, -0.15) is 0 Å². The van der Waals surface area contributed by atoms with Crippen LogP contribution in [0.4, 0.5) is 0 Å². The monoisotopic (exact) mass is 2190 g/mol. The lowest BCUT2D eigenvalue weighted by atomic mass is 10.2. The number of esters is 5. The fourth-order valence-electron chi connectivity index (χ4n) is 12.0. The molecule has 0 aromatic heterocycles. The number of quaternary nitrogens is 9. The van der Waals surface area contributed by atoms with Crippen LogP contribution in [-0.2, 0) is 110 Å². The highest BCUT2D eigenvalue weighted by molar-refractivity contribution is 7.85. The number of carboxylic acid groups (broad SMARTS) is 2. The van der Waals surface area contributed by atoms with Crippen molar-refractivity contribution < 1.29 is 171 Å². The first-order valence-electron chi connectivity index (χ1n) is 51.1. The third-order valence-electron chi connectivity index (χ3n) is 21.9. The molecule has 1 unspecified atom stereocenters. The molecule has 0 saturated heterocycles. The van der Waals surface area contributed by atoms with Crippen LogP contribution >= 0.6 is 7.82 Å². The van der Waals surface area contributed by atoms with Crippen molar-refractivity contribution >= 4 is 93.5 Å². The standard InChI is InChI=1S/C13H24N2O3.C12H24N2O4S.C12H22N2O3.2C12H24NO2.C11H22N2O4S.C11H22NO6P.2C11H22NO2/c1-11(2)13(18)14-8-6-10-15(3,4)9-5-7-12(16)17;1-11(2)12(15)13-7-5-8-14(3,4)9-6-10-19(16,17)18;1-4-11(15)13-8-6-10-14(2,3)9-5-7-12(16)17;2*1-6-7-8-13(4,5)9-10-15-12(14)11(2)3;1-4-11(14)12-7-5-8-13(2,3)9-6-10-18(15,16)17;1-10(2)11(13)16-8-9-18-19(14,15)17-7-6-12(3,4)5;2*1-5-7-8-12(3,4)9-10-14-11(13)6-2/h1,5-10H2,2-4H3,(H-,14,16,17,18);1,5-10H2,2-4H3,(H-,13,15,16,17,18);4H,1,5-10H2,2-3H3,(H-,13,15,16,17);2*2,6-10H2,1,3-5H3;4H,1,5-10H2,2-3H3,(H-,12,14,15,16,17);1,6-9H2,2-5H3;2*6H,2,5,7-10H2,1,3-4H3/q;;;2*+1;;;2*+1/p+1. The molecule has 0 heterocycles. The Balaban J connectivity index is -0.000000212. The average Bonchev–Trinajstić information content (AvgIpc) is 0.931.